The maximum atomic E-state index is 5.34. The molecule has 3 aromatic heterocycles. The fourth-order valence-electron chi connectivity index (χ4n) is 10.7. The minimum Gasteiger partial charge on any atom is -0.309 e. The summed E-state index contributed by atoms with van der Waals surface area (Å²) in [6.45, 7) is 0. The van der Waals surface area contributed by atoms with E-state index in [1.54, 1.807) is 0 Å². The van der Waals surface area contributed by atoms with Crippen LogP contribution >= 0.6 is 0 Å². The number of nitrogens with zero attached hydrogens (tertiary/aromatic N) is 5. The average Bonchev–Trinajstić information content (AvgIpc) is 3.94. The summed E-state index contributed by atoms with van der Waals surface area (Å²) < 4.78 is 4.89. The number of hydrogen-bond donors (Lipinski definition) is 0. The number of hydrogen-bond acceptors (Lipinski definition) is 3. The van der Waals surface area contributed by atoms with Gasteiger partial charge in [0.2, 0.25) is 0 Å². The zero-order valence-electron chi connectivity index (χ0n) is 37.9. The molecule has 0 spiro atoms. The van der Waals surface area contributed by atoms with Crippen LogP contribution in [0.15, 0.2) is 249 Å². The third-order valence-corrected chi connectivity index (χ3v) is 13.9. The summed E-state index contributed by atoms with van der Waals surface area (Å²) in [4.78, 5) is 15.9. The Kier molecular flexibility index (Phi) is 9.14. The Morgan fingerprint density at radius 3 is 1.24 bits per heavy atom. The lowest BCUT2D eigenvalue weighted by Gasteiger charge is -2.16. The highest BCUT2D eigenvalue weighted by Gasteiger charge is 2.21. The molecule has 0 saturated heterocycles. The van der Waals surface area contributed by atoms with Gasteiger partial charge in [-0.1, -0.05) is 194 Å². The Balaban J connectivity index is 0.984. The molecule has 0 bridgehead atoms. The van der Waals surface area contributed by atoms with E-state index in [1.165, 1.54) is 43.4 Å². The Bertz CT molecular complexity index is 4200. The van der Waals surface area contributed by atoms with E-state index in [4.69, 9.17) is 15.0 Å². The van der Waals surface area contributed by atoms with Gasteiger partial charge in [0, 0.05) is 49.0 Å². The van der Waals surface area contributed by atoms with Gasteiger partial charge in [0.15, 0.2) is 17.5 Å². The van der Waals surface area contributed by atoms with Crippen molar-refractivity contribution in [3.63, 3.8) is 0 Å². The van der Waals surface area contributed by atoms with Crippen molar-refractivity contribution in [2.45, 2.75) is 0 Å². The molecule has 0 fully saturated rings. The van der Waals surface area contributed by atoms with Gasteiger partial charge in [-0.05, 0) is 87.6 Å². The number of para-hydroxylation sites is 3. The summed E-state index contributed by atoms with van der Waals surface area (Å²) >= 11 is 0. The fourth-order valence-corrected chi connectivity index (χ4v) is 10.7. The maximum Gasteiger partial charge on any atom is 0.164 e. The molecule has 0 aliphatic carbocycles. The zero-order valence-corrected chi connectivity index (χ0v) is 37.9. The van der Waals surface area contributed by atoms with Crippen molar-refractivity contribution >= 4 is 65.2 Å². The lowest BCUT2D eigenvalue weighted by Crippen LogP contribution is -2.01. The molecular weight excluding hydrogens is 851 g/mol. The van der Waals surface area contributed by atoms with Crippen molar-refractivity contribution in [3.05, 3.63) is 249 Å². The summed E-state index contributed by atoms with van der Waals surface area (Å²) in [5.41, 5.74) is 14.1. The third-order valence-electron chi connectivity index (χ3n) is 13.9. The lowest BCUT2D eigenvalue weighted by molar-refractivity contribution is 1.08. The molecule has 5 heteroatoms. The smallest absolute Gasteiger partial charge is 0.164 e. The van der Waals surface area contributed by atoms with Crippen LogP contribution in [-0.2, 0) is 0 Å². The van der Waals surface area contributed by atoms with Crippen molar-refractivity contribution in [1.29, 1.82) is 0 Å². The molecule has 0 radical (unpaired) electrons. The minimum absolute atomic E-state index is 0.613. The molecule has 0 N–H and O–H groups in total. The van der Waals surface area contributed by atoms with Crippen LogP contribution in [-0.4, -0.2) is 24.1 Å². The predicted octanol–water partition coefficient (Wildman–Crippen LogP) is 16.7. The lowest BCUT2D eigenvalue weighted by atomic mass is 10.0. The molecular formula is C65H41N5. The Morgan fingerprint density at radius 1 is 0.229 bits per heavy atom. The molecule has 0 aliphatic rings. The van der Waals surface area contributed by atoms with Crippen LogP contribution in [0.4, 0.5) is 0 Å². The van der Waals surface area contributed by atoms with E-state index in [-0.39, 0.29) is 0 Å². The van der Waals surface area contributed by atoms with E-state index < -0.39 is 0 Å². The molecule has 5 nitrogen and oxygen atoms in total. The van der Waals surface area contributed by atoms with Gasteiger partial charge in [-0.25, -0.2) is 15.0 Å². The van der Waals surface area contributed by atoms with Gasteiger partial charge in [0.1, 0.15) is 0 Å². The molecule has 326 valence electrons. The number of fused-ring (bicyclic) bond motifs is 8. The average molecular weight is 892 g/mol. The van der Waals surface area contributed by atoms with Crippen molar-refractivity contribution in [2.75, 3.05) is 0 Å². The molecule has 0 amide bonds. The summed E-state index contributed by atoms with van der Waals surface area (Å²) in [5.74, 6) is 1.84. The maximum absolute atomic E-state index is 5.34. The van der Waals surface area contributed by atoms with E-state index in [0.29, 0.717) is 17.5 Å². The highest BCUT2D eigenvalue weighted by Crippen LogP contribution is 2.42. The summed E-state index contributed by atoms with van der Waals surface area (Å²) in [6, 6.07) is 88.8. The fraction of sp³-hybridized carbons (Fsp3) is 0. The summed E-state index contributed by atoms with van der Waals surface area (Å²) in [5, 5.41) is 9.43. The van der Waals surface area contributed by atoms with Gasteiger partial charge in [0.25, 0.3) is 0 Å². The van der Waals surface area contributed by atoms with Crippen molar-refractivity contribution in [3.8, 4) is 67.8 Å². The Labute approximate surface area is 403 Å². The van der Waals surface area contributed by atoms with Crippen LogP contribution in [0.1, 0.15) is 0 Å². The van der Waals surface area contributed by atoms with E-state index in [2.05, 4.69) is 246 Å². The number of rotatable bonds is 7. The molecule has 11 aromatic carbocycles. The van der Waals surface area contributed by atoms with Crippen LogP contribution in [0.3, 0.4) is 0 Å². The minimum atomic E-state index is 0.613. The second-order valence-electron chi connectivity index (χ2n) is 18.0. The number of aromatic nitrogens is 5. The Morgan fingerprint density at radius 2 is 0.643 bits per heavy atom. The molecule has 0 aliphatic heterocycles. The molecule has 0 unspecified atom stereocenters. The third kappa shape index (κ3) is 6.44. The van der Waals surface area contributed by atoms with E-state index >= 15 is 0 Å². The Hall–Kier alpha value is -9.45. The molecule has 70 heavy (non-hydrogen) atoms. The SMILES string of the molecule is c1ccc(-c2cccc(-c3nc(-c4cccc(-c5ccccc5)c4)nc(-c4cccc5c(-n6c7ccccc7c7cc8cccc(-n9c%10ccccc%10c%10ccccc%109)c8cc76)cccc45)n3)c2)cc1. The topological polar surface area (TPSA) is 48.5 Å². The van der Waals surface area contributed by atoms with Gasteiger partial charge in [-0.15, -0.1) is 0 Å². The first-order chi connectivity index (χ1) is 34.7. The largest absolute Gasteiger partial charge is 0.309 e. The molecule has 14 aromatic rings. The predicted molar refractivity (Wildman–Crippen MR) is 291 cm³/mol. The quantitative estimate of drug-likeness (QED) is 0.160. The van der Waals surface area contributed by atoms with Crippen LogP contribution in [0.25, 0.3) is 133 Å². The summed E-state index contributed by atoms with van der Waals surface area (Å²) in [6.07, 6.45) is 0. The summed E-state index contributed by atoms with van der Waals surface area (Å²) in [7, 11) is 0. The zero-order chi connectivity index (χ0) is 46.1. The molecule has 0 saturated carbocycles. The first-order valence-electron chi connectivity index (χ1n) is 23.8. The van der Waals surface area contributed by atoms with Crippen molar-refractivity contribution in [2.24, 2.45) is 0 Å². The van der Waals surface area contributed by atoms with Gasteiger partial charge >= 0.3 is 0 Å². The second-order valence-corrected chi connectivity index (χ2v) is 18.0. The van der Waals surface area contributed by atoms with E-state index in [0.717, 1.165) is 72.1 Å². The number of benzene rings is 11. The monoisotopic (exact) mass is 891 g/mol. The van der Waals surface area contributed by atoms with Gasteiger partial charge in [-0.3, -0.25) is 0 Å². The van der Waals surface area contributed by atoms with E-state index in [1.807, 2.05) is 12.1 Å². The first-order valence-corrected chi connectivity index (χ1v) is 23.8. The normalized spacial score (nSPS) is 11.7. The highest BCUT2D eigenvalue weighted by molar-refractivity contribution is 6.17. The highest BCUT2D eigenvalue weighted by atomic mass is 15.0. The van der Waals surface area contributed by atoms with Crippen LogP contribution in [0, 0.1) is 0 Å². The van der Waals surface area contributed by atoms with Crippen LogP contribution in [0.5, 0.6) is 0 Å². The molecule has 0 atom stereocenters. The standard InChI is InChI=1S/C65H41N5/c1-3-18-42(19-4-1)44-22-13-25-47(38-44)63-66-64(48-26-14-23-45(39-48)43-20-5-2-6-21-43)68-65(67-63)54-32-16-31-50-49(54)30-17-37-60(50)70-59-35-12-9-29-53(59)56-40-46-24-15-36-61(55(46)41-62(56)70)69-57-33-10-7-27-51(57)52-28-8-11-34-58(52)69/h1-41H. The molecule has 14 rings (SSSR count). The van der Waals surface area contributed by atoms with Crippen molar-refractivity contribution < 1.29 is 0 Å². The second kappa shape index (κ2) is 16.1. The van der Waals surface area contributed by atoms with Gasteiger partial charge in [-0.2, -0.15) is 0 Å². The first kappa shape index (κ1) is 39.7. The van der Waals surface area contributed by atoms with Crippen molar-refractivity contribution in [1.82, 2.24) is 24.1 Å². The van der Waals surface area contributed by atoms with Crippen LogP contribution in [0.2, 0.25) is 0 Å². The molecule has 3 heterocycles. The van der Waals surface area contributed by atoms with Gasteiger partial charge in [0.05, 0.1) is 33.4 Å². The van der Waals surface area contributed by atoms with Crippen LogP contribution < -0.4 is 0 Å². The van der Waals surface area contributed by atoms with E-state index in [9.17, 15) is 0 Å². The van der Waals surface area contributed by atoms with Gasteiger partial charge < -0.3 is 9.13 Å².